The van der Waals surface area contributed by atoms with Crippen LogP contribution in [0.1, 0.15) is 29.7 Å². The average molecular weight is 305 g/mol. The molecule has 0 saturated heterocycles. The van der Waals surface area contributed by atoms with Gasteiger partial charge in [0.1, 0.15) is 0 Å². The summed E-state index contributed by atoms with van der Waals surface area (Å²) in [6.45, 7) is 1.78. The first-order chi connectivity index (χ1) is 10.00. The van der Waals surface area contributed by atoms with Crippen LogP contribution in [0.25, 0.3) is 0 Å². The van der Waals surface area contributed by atoms with Crippen LogP contribution in [-0.2, 0) is 22.4 Å². The normalized spacial score (nSPS) is 13.0. The third kappa shape index (κ3) is 4.67. The van der Waals surface area contributed by atoms with Crippen molar-refractivity contribution in [2.45, 2.75) is 25.3 Å². The predicted octanol–water partition coefficient (Wildman–Crippen LogP) is 2.36. The molecule has 1 unspecified atom stereocenters. The molecule has 0 aliphatic heterocycles. The SMILES string of the molecule is CC(NS(=O)(=O)Cc1ccc(CO)cc1)c1ccccc1. The van der Waals surface area contributed by atoms with Gasteiger partial charge in [0.15, 0.2) is 0 Å². The molecule has 0 saturated carbocycles. The van der Waals surface area contributed by atoms with Crippen LogP contribution in [0.3, 0.4) is 0 Å². The van der Waals surface area contributed by atoms with E-state index in [1.165, 1.54) is 0 Å². The molecular weight excluding hydrogens is 286 g/mol. The van der Waals surface area contributed by atoms with Gasteiger partial charge in [-0.05, 0) is 23.6 Å². The first-order valence-corrected chi connectivity index (χ1v) is 8.39. The maximum absolute atomic E-state index is 12.2. The van der Waals surface area contributed by atoms with Crippen molar-refractivity contribution in [2.24, 2.45) is 0 Å². The molecule has 0 spiro atoms. The summed E-state index contributed by atoms with van der Waals surface area (Å²) in [4.78, 5) is 0. The monoisotopic (exact) mass is 305 g/mol. The van der Waals surface area contributed by atoms with Gasteiger partial charge in [0.25, 0.3) is 0 Å². The Kier molecular flexibility index (Phi) is 5.12. The Morgan fingerprint density at radius 3 is 2.14 bits per heavy atom. The molecule has 21 heavy (non-hydrogen) atoms. The number of hydrogen-bond acceptors (Lipinski definition) is 3. The number of sulfonamides is 1. The molecule has 5 heteroatoms. The molecule has 0 heterocycles. The zero-order valence-electron chi connectivity index (χ0n) is 11.9. The Balaban J connectivity index is 2.04. The molecule has 0 aliphatic rings. The second-order valence-corrected chi connectivity index (χ2v) is 6.74. The summed E-state index contributed by atoms with van der Waals surface area (Å²) in [6.07, 6.45) is 0. The molecule has 0 aromatic heterocycles. The van der Waals surface area contributed by atoms with Gasteiger partial charge in [-0.2, -0.15) is 0 Å². The molecule has 2 rings (SSSR count). The fraction of sp³-hybridized carbons (Fsp3) is 0.250. The summed E-state index contributed by atoms with van der Waals surface area (Å²) in [5.41, 5.74) is 2.39. The molecule has 0 amide bonds. The molecule has 2 aromatic rings. The molecule has 0 aliphatic carbocycles. The highest BCUT2D eigenvalue weighted by Crippen LogP contribution is 2.14. The minimum absolute atomic E-state index is 0.0453. The largest absolute Gasteiger partial charge is 0.392 e. The summed E-state index contributed by atoms with van der Waals surface area (Å²) in [5.74, 6) is -0.0735. The minimum Gasteiger partial charge on any atom is -0.392 e. The van der Waals surface area contributed by atoms with E-state index in [-0.39, 0.29) is 18.4 Å². The molecule has 2 N–H and O–H groups in total. The lowest BCUT2D eigenvalue weighted by molar-refractivity contribution is 0.282. The Hall–Kier alpha value is -1.69. The summed E-state index contributed by atoms with van der Waals surface area (Å²) < 4.78 is 27.0. The minimum atomic E-state index is -3.41. The lowest BCUT2D eigenvalue weighted by Gasteiger charge is -2.14. The first-order valence-electron chi connectivity index (χ1n) is 6.74. The average Bonchev–Trinajstić information content (AvgIpc) is 2.48. The van der Waals surface area contributed by atoms with Crippen molar-refractivity contribution >= 4 is 10.0 Å². The summed E-state index contributed by atoms with van der Waals surface area (Å²) in [7, 11) is -3.41. The molecule has 112 valence electrons. The number of aliphatic hydroxyl groups excluding tert-OH is 1. The van der Waals surface area contributed by atoms with E-state index in [0.717, 1.165) is 11.1 Å². The third-order valence-electron chi connectivity index (χ3n) is 3.22. The molecule has 1 atom stereocenters. The number of rotatable bonds is 6. The highest BCUT2D eigenvalue weighted by Gasteiger charge is 2.16. The van der Waals surface area contributed by atoms with Gasteiger partial charge in [-0.25, -0.2) is 13.1 Å². The second-order valence-electron chi connectivity index (χ2n) is 4.98. The van der Waals surface area contributed by atoms with Crippen LogP contribution in [0.4, 0.5) is 0 Å². The van der Waals surface area contributed by atoms with Gasteiger partial charge in [0, 0.05) is 6.04 Å². The van der Waals surface area contributed by atoms with Crippen LogP contribution < -0.4 is 4.72 Å². The van der Waals surface area contributed by atoms with Crippen molar-refractivity contribution in [1.29, 1.82) is 0 Å². The van der Waals surface area contributed by atoms with Crippen LogP contribution in [0.15, 0.2) is 54.6 Å². The quantitative estimate of drug-likeness (QED) is 0.861. The number of nitrogens with one attached hydrogen (secondary N) is 1. The molecule has 0 fully saturated rings. The highest BCUT2D eigenvalue weighted by atomic mass is 32.2. The van der Waals surface area contributed by atoms with E-state index in [1.54, 1.807) is 24.3 Å². The van der Waals surface area contributed by atoms with Crippen molar-refractivity contribution in [3.8, 4) is 0 Å². The molecule has 0 radical (unpaired) electrons. The Morgan fingerprint density at radius 2 is 1.57 bits per heavy atom. The molecule has 0 bridgehead atoms. The zero-order chi connectivity index (χ0) is 15.3. The highest BCUT2D eigenvalue weighted by molar-refractivity contribution is 7.88. The molecule has 2 aromatic carbocycles. The number of aliphatic hydroxyl groups is 1. The zero-order valence-corrected chi connectivity index (χ0v) is 12.7. The lowest BCUT2D eigenvalue weighted by Crippen LogP contribution is -2.28. The van der Waals surface area contributed by atoms with E-state index in [1.807, 2.05) is 37.3 Å². The topological polar surface area (TPSA) is 66.4 Å². The van der Waals surface area contributed by atoms with Crippen LogP contribution >= 0.6 is 0 Å². The first kappa shape index (κ1) is 15.7. The van der Waals surface area contributed by atoms with Crippen molar-refractivity contribution in [3.63, 3.8) is 0 Å². The van der Waals surface area contributed by atoms with Crippen LogP contribution in [-0.4, -0.2) is 13.5 Å². The van der Waals surface area contributed by atoms with Gasteiger partial charge in [0.05, 0.1) is 12.4 Å². The van der Waals surface area contributed by atoms with Gasteiger partial charge in [-0.1, -0.05) is 54.6 Å². The molecular formula is C16H19NO3S. The van der Waals surface area contributed by atoms with E-state index < -0.39 is 10.0 Å². The predicted molar refractivity (Wildman–Crippen MR) is 83.0 cm³/mol. The van der Waals surface area contributed by atoms with E-state index in [0.29, 0.717) is 5.56 Å². The Bertz CT molecular complexity index is 666. The smallest absolute Gasteiger partial charge is 0.216 e. The van der Waals surface area contributed by atoms with E-state index in [9.17, 15) is 8.42 Å². The van der Waals surface area contributed by atoms with E-state index >= 15 is 0 Å². The summed E-state index contributed by atoms with van der Waals surface area (Å²) >= 11 is 0. The fourth-order valence-corrected chi connectivity index (χ4v) is 3.47. The lowest BCUT2D eigenvalue weighted by atomic mass is 10.1. The summed E-state index contributed by atoms with van der Waals surface area (Å²) in [6, 6.07) is 16.1. The van der Waals surface area contributed by atoms with Crippen LogP contribution in [0.2, 0.25) is 0 Å². The van der Waals surface area contributed by atoms with Crippen molar-refractivity contribution < 1.29 is 13.5 Å². The second kappa shape index (κ2) is 6.85. The number of benzene rings is 2. The maximum Gasteiger partial charge on any atom is 0.216 e. The van der Waals surface area contributed by atoms with Crippen molar-refractivity contribution in [3.05, 3.63) is 71.3 Å². The van der Waals surface area contributed by atoms with Gasteiger partial charge in [-0.3, -0.25) is 0 Å². The van der Waals surface area contributed by atoms with Crippen LogP contribution in [0, 0.1) is 0 Å². The van der Waals surface area contributed by atoms with Gasteiger partial charge in [0.2, 0.25) is 10.0 Å². The number of hydrogen-bond donors (Lipinski definition) is 2. The van der Waals surface area contributed by atoms with Gasteiger partial charge < -0.3 is 5.11 Å². The van der Waals surface area contributed by atoms with Gasteiger partial charge >= 0.3 is 0 Å². The van der Waals surface area contributed by atoms with E-state index in [2.05, 4.69) is 4.72 Å². The molecule has 4 nitrogen and oxygen atoms in total. The van der Waals surface area contributed by atoms with Crippen molar-refractivity contribution in [2.75, 3.05) is 0 Å². The van der Waals surface area contributed by atoms with Gasteiger partial charge in [-0.15, -0.1) is 0 Å². The summed E-state index contributed by atoms with van der Waals surface area (Å²) in [5, 5.41) is 8.98. The Labute approximate surface area is 125 Å². The fourth-order valence-electron chi connectivity index (χ4n) is 2.08. The third-order valence-corrected chi connectivity index (χ3v) is 4.64. The van der Waals surface area contributed by atoms with E-state index in [4.69, 9.17) is 5.11 Å². The maximum atomic E-state index is 12.2. The van der Waals surface area contributed by atoms with Crippen LogP contribution in [0.5, 0.6) is 0 Å². The Morgan fingerprint density at radius 1 is 1.00 bits per heavy atom. The standard InChI is InChI=1S/C16H19NO3S/c1-13(16-5-3-2-4-6-16)17-21(19,20)12-15-9-7-14(11-18)8-10-15/h2-10,13,17-18H,11-12H2,1H3. The van der Waals surface area contributed by atoms with Crippen molar-refractivity contribution in [1.82, 2.24) is 4.72 Å².